The van der Waals surface area contributed by atoms with Gasteiger partial charge in [-0.05, 0) is 13.0 Å². The Morgan fingerprint density at radius 3 is 2.71 bits per heavy atom. The first-order chi connectivity index (χ1) is 9.88. The van der Waals surface area contributed by atoms with Gasteiger partial charge in [0.2, 0.25) is 5.91 Å². The van der Waals surface area contributed by atoms with E-state index in [0.29, 0.717) is 5.02 Å². The number of halogens is 2. The zero-order valence-corrected chi connectivity index (χ0v) is 12.2. The number of carbonyl (C=O) groups excluding carboxylic acids is 1. The van der Waals surface area contributed by atoms with Crippen LogP contribution in [0.25, 0.3) is 0 Å². The monoisotopic (exact) mass is 329 g/mol. The van der Waals surface area contributed by atoms with Crippen LogP contribution >= 0.6 is 23.2 Å². The first-order valence-corrected chi connectivity index (χ1v) is 6.38. The summed E-state index contributed by atoms with van der Waals surface area (Å²) in [5.74, 6) is -1.53. The third-order valence-corrected chi connectivity index (χ3v) is 3.04. The molecule has 110 valence electrons. The Hall–Kier alpha value is -2.19. The molecule has 10 heteroatoms. The summed E-state index contributed by atoms with van der Waals surface area (Å²) in [5, 5.41) is 18.9. The Balaban J connectivity index is 2.10. The van der Waals surface area contributed by atoms with Crippen LogP contribution in [0.5, 0.6) is 0 Å². The maximum absolute atomic E-state index is 11.9. The molecular weight excluding hydrogens is 321 g/mol. The lowest BCUT2D eigenvalue weighted by Gasteiger charge is -2.07. The van der Waals surface area contributed by atoms with Gasteiger partial charge in [0.05, 0.1) is 15.7 Å². The molecule has 0 radical (unpaired) electrons. The number of rotatable bonds is 4. The smallest absolute Gasteiger partial charge is 0.358 e. The normalized spacial score (nSPS) is 10.4. The molecular formula is C11H9Cl2N5O3. The van der Waals surface area contributed by atoms with Crippen molar-refractivity contribution in [3.8, 4) is 0 Å². The zero-order valence-electron chi connectivity index (χ0n) is 10.7. The number of carboxylic acids is 1. The van der Waals surface area contributed by atoms with E-state index in [1.165, 1.54) is 23.9 Å². The number of hydrogen-bond donors (Lipinski definition) is 2. The van der Waals surface area contributed by atoms with Crippen molar-refractivity contribution in [3.05, 3.63) is 33.7 Å². The van der Waals surface area contributed by atoms with Gasteiger partial charge in [-0.1, -0.05) is 28.4 Å². The SMILES string of the molecule is Cc1c(C(=O)O)nnn1CC(=O)Nc1ncc(Cl)cc1Cl. The van der Waals surface area contributed by atoms with Gasteiger partial charge in [0.15, 0.2) is 11.5 Å². The second-order valence-corrected chi connectivity index (χ2v) is 4.86. The van der Waals surface area contributed by atoms with E-state index in [4.69, 9.17) is 28.3 Å². The lowest BCUT2D eigenvalue weighted by atomic mass is 10.3. The number of hydrogen-bond acceptors (Lipinski definition) is 5. The van der Waals surface area contributed by atoms with Crippen molar-refractivity contribution in [2.24, 2.45) is 0 Å². The summed E-state index contributed by atoms with van der Waals surface area (Å²) in [6.07, 6.45) is 1.34. The van der Waals surface area contributed by atoms with Crippen LogP contribution in [0.15, 0.2) is 12.3 Å². The van der Waals surface area contributed by atoms with E-state index in [9.17, 15) is 9.59 Å². The third kappa shape index (κ3) is 3.47. The Morgan fingerprint density at radius 2 is 2.14 bits per heavy atom. The highest BCUT2D eigenvalue weighted by molar-refractivity contribution is 6.36. The van der Waals surface area contributed by atoms with Gasteiger partial charge >= 0.3 is 5.97 Å². The van der Waals surface area contributed by atoms with Crippen LogP contribution in [0, 0.1) is 6.92 Å². The van der Waals surface area contributed by atoms with Crippen LogP contribution in [0.1, 0.15) is 16.2 Å². The number of aromatic carboxylic acids is 1. The predicted octanol–water partition coefficient (Wildman–Crippen LogP) is 1.63. The molecule has 2 aromatic heterocycles. The molecule has 21 heavy (non-hydrogen) atoms. The van der Waals surface area contributed by atoms with Crippen molar-refractivity contribution < 1.29 is 14.7 Å². The van der Waals surface area contributed by atoms with Gasteiger partial charge in [-0.15, -0.1) is 5.10 Å². The molecule has 0 unspecified atom stereocenters. The lowest BCUT2D eigenvalue weighted by Crippen LogP contribution is -2.21. The fraction of sp³-hybridized carbons (Fsp3) is 0.182. The molecule has 0 atom stereocenters. The van der Waals surface area contributed by atoms with E-state index in [1.54, 1.807) is 0 Å². The first-order valence-electron chi connectivity index (χ1n) is 5.62. The van der Waals surface area contributed by atoms with Gasteiger partial charge in [0, 0.05) is 6.20 Å². The lowest BCUT2D eigenvalue weighted by molar-refractivity contribution is -0.117. The van der Waals surface area contributed by atoms with E-state index in [0.717, 1.165) is 0 Å². The van der Waals surface area contributed by atoms with E-state index < -0.39 is 11.9 Å². The Kier molecular flexibility index (Phi) is 4.39. The Labute approximate surface area is 128 Å². The Morgan fingerprint density at radius 1 is 1.43 bits per heavy atom. The van der Waals surface area contributed by atoms with Gasteiger partial charge in [0.25, 0.3) is 0 Å². The molecule has 8 nitrogen and oxygen atoms in total. The molecule has 0 bridgehead atoms. The van der Waals surface area contributed by atoms with Crippen LogP contribution in [-0.2, 0) is 11.3 Å². The van der Waals surface area contributed by atoms with Crippen molar-refractivity contribution in [1.29, 1.82) is 0 Å². The summed E-state index contributed by atoms with van der Waals surface area (Å²) in [4.78, 5) is 26.6. The highest BCUT2D eigenvalue weighted by atomic mass is 35.5. The van der Waals surface area contributed by atoms with Crippen LogP contribution < -0.4 is 5.32 Å². The van der Waals surface area contributed by atoms with Crippen molar-refractivity contribution in [2.45, 2.75) is 13.5 Å². The number of aromatic nitrogens is 4. The molecule has 2 aromatic rings. The van der Waals surface area contributed by atoms with Gasteiger partial charge < -0.3 is 10.4 Å². The fourth-order valence-corrected chi connectivity index (χ4v) is 1.95. The molecule has 0 spiro atoms. The number of carbonyl (C=O) groups is 2. The van der Waals surface area contributed by atoms with Crippen LogP contribution in [0.2, 0.25) is 10.0 Å². The maximum Gasteiger partial charge on any atom is 0.358 e. The maximum atomic E-state index is 11.9. The van der Waals surface area contributed by atoms with Gasteiger partial charge in [-0.25, -0.2) is 14.5 Å². The van der Waals surface area contributed by atoms with Crippen molar-refractivity contribution in [3.63, 3.8) is 0 Å². The van der Waals surface area contributed by atoms with Gasteiger partial charge in [-0.2, -0.15) is 0 Å². The first kappa shape index (κ1) is 15.2. The zero-order chi connectivity index (χ0) is 15.6. The standard InChI is InChI=1S/C11H9Cl2N5O3/c1-5-9(11(20)21)16-17-18(5)4-8(19)15-10-7(13)2-6(12)3-14-10/h2-3H,4H2,1H3,(H,20,21)(H,14,15,19). The summed E-state index contributed by atoms with van der Waals surface area (Å²) in [6, 6.07) is 1.44. The highest BCUT2D eigenvalue weighted by Gasteiger charge is 2.17. The summed E-state index contributed by atoms with van der Waals surface area (Å²) in [7, 11) is 0. The fourth-order valence-electron chi connectivity index (χ4n) is 1.52. The predicted molar refractivity (Wildman–Crippen MR) is 74.6 cm³/mol. The van der Waals surface area contributed by atoms with Gasteiger partial charge in [-0.3, -0.25) is 4.79 Å². The molecule has 2 rings (SSSR count). The minimum Gasteiger partial charge on any atom is -0.476 e. The topological polar surface area (TPSA) is 110 Å². The van der Waals surface area contributed by atoms with E-state index in [-0.39, 0.29) is 28.8 Å². The summed E-state index contributed by atoms with van der Waals surface area (Å²) in [6.45, 7) is 1.29. The molecule has 0 saturated heterocycles. The second-order valence-electron chi connectivity index (χ2n) is 4.02. The van der Waals surface area contributed by atoms with Gasteiger partial charge in [0.1, 0.15) is 6.54 Å². The van der Waals surface area contributed by atoms with Crippen LogP contribution in [0.4, 0.5) is 5.82 Å². The third-order valence-electron chi connectivity index (χ3n) is 2.54. The number of pyridine rings is 1. The second kappa shape index (κ2) is 6.06. The van der Waals surface area contributed by atoms with E-state index in [2.05, 4.69) is 20.6 Å². The average Bonchev–Trinajstić information content (AvgIpc) is 2.74. The minimum atomic E-state index is -1.21. The van der Waals surface area contributed by atoms with Crippen LogP contribution in [0.3, 0.4) is 0 Å². The summed E-state index contributed by atoms with van der Waals surface area (Å²) < 4.78 is 1.17. The number of nitrogens with one attached hydrogen (secondary N) is 1. The molecule has 1 amide bonds. The molecule has 2 heterocycles. The van der Waals surface area contributed by atoms with E-state index in [1.807, 2.05) is 0 Å². The molecule has 0 aliphatic rings. The number of carboxylic acid groups (broad SMARTS) is 1. The van der Waals surface area contributed by atoms with Crippen molar-refractivity contribution in [1.82, 2.24) is 20.0 Å². The summed E-state index contributed by atoms with van der Waals surface area (Å²) >= 11 is 11.6. The van der Waals surface area contributed by atoms with Crippen LogP contribution in [-0.4, -0.2) is 37.0 Å². The van der Waals surface area contributed by atoms with E-state index >= 15 is 0 Å². The molecule has 0 aliphatic carbocycles. The largest absolute Gasteiger partial charge is 0.476 e. The molecule has 0 saturated carbocycles. The van der Waals surface area contributed by atoms with Crippen molar-refractivity contribution in [2.75, 3.05) is 5.32 Å². The average molecular weight is 330 g/mol. The van der Waals surface area contributed by atoms with Crippen molar-refractivity contribution >= 4 is 40.9 Å². The highest BCUT2D eigenvalue weighted by Crippen LogP contribution is 2.22. The quantitative estimate of drug-likeness (QED) is 0.881. The number of nitrogens with zero attached hydrogens (tertiary/aromatic N) is 4. The number of anilines is 1. The molecule has 0 aromatic carbocycles. The molecule has 0 aliphatic heterocycles. The molecule has 0 fully saturated rings. The molecule has 2 N–H and O–H groups in total. The number of amides is 1. The summed E-state index contributed by atoms with van der Waals surface area (Å²) in [5.41, 5.74) is 0.0678. The minimum absolute atomic E-state index is 0.155. The Bertz CT molecular complexity index is 716.